The third kappa shape index (κ3) is 3.23. The fraction of sp³-hybridized carbons (Fsp3) is 0.208. The minimum atomic E-state index is -0.327. The molecule has 0 saturated heterocycles. The molecule has 146 valence electrons. The first-order valence-electron chi connectivity index (χ1n) is 9.65. The zero-order chi connectivity index (χ0) is 20.0. The molecule has 0 radical (unpaired) electrons. The molecule has 29 heavy (non-hydrogen) atoms. The lowest BCUT2D eigenvalue weighted by Crippen LogP contribution is -2.33. The maximum atomic E-state index is 6.39. The number of methoxy groups -OCH3 is 1. The minimum Gasteiger partial charge on any atom is -0.497 e. The highest BCUT2D eigenvalue weighted by molar-refractivity contribution is 6.30. The molecule has 3 aromatic carbocycles. The lowest BCUT2D eigenvalue weighted by molar-refractivity contribution is -0.0191. The first-order valence-corrected chi connectivity index (χ1v) is 10.0. The Morgan fingerprint density at radius 1 is 1.07 bits per heavy atom. The van der Waals surface area contributed by atoms with Crippen LogP contribution in [0, 0.1) is 6.92 Å². The first kappa shape index (κ1) is 18.1. The summed E-state index contributed by atoms with van der Waals surface area (Å²) in [5.41, 5.74) is 5.50. The Labute approximate surface area is 175 Å². The number of rotatable bonds is 3. The van der Waals surface area contributed by atoms with E-state index in [0.29, 0.717) is 5.02 Å². The maximum absolute atomic E-state index is 6.39. The number of hydrazone groups is 1. The monoisotopic (exact) mass is 404 g/mol. The van der Waals surface area contributed by atoms with Gasteiger partial charge in [-0.2, -0.15) is 5.10 Å². The van der Waals surface area contributed by atoms with Crippen molar-refractivity contribution in [3.8, 4) is 11.5 Å². The van der Waals surface area contributed by atoms with Crippen LogP contribution >= 0.6 is 11.6 Å². The molecule has 2 aliphatic rings. The SMILES string of the molecule is COc1cccc(C2Oc3ccc(Cl)cc3C3CC(c4ccc(C)cc4)=NN32)c1. The fourth-order valence-electron chi connectivity index (χ4n) is 3.99. The Morgan fingerprint density at radius 2 is 1.90 bits per heavy atom. The lowest BCUT2D eigenvalue weighted by atomic mass is 9.95. The molecule has 0 aromatic heterocycles. The second-order valence-electron chi connectivity index (χ2n) is 7.44. The van der Waals surface area contributed by atoms with Crippen LogP contribution < -0.4 is 9.47 Å². The molecule has 2 unspecified atom stereocenters. The zero-order valence-corrected chi connectivity index (χ0v) is 17.1. The van der Waals surface area contributed by atoms with Crippen molar-refractivity contribution in [3.05, 3.63) is 94.0 Å². The third-order valence-corrected chi connectivity index (χ3v) is 5.75. The molecule has 2 heterocycles. The van der Waals surface area contributed by atoms with Crippen molar-refractivity contribution < 1.29 is 9.47 Å². The van der Waals surface area contributed by atoms with E-state index in [1.807, 2.05) is 42.5 Å². The van der Waals surface area contributed by atoms with E-state index in [9.17, 15) is 0 Å². The van der Waals surface area contributed by atoms with E-state index < -0.39 is 0 Å². The van der Waals surface area contributed by atoms with Crippen LogP contribution in [-0.4, -0.2) is 17.8 Å². The van der Waals surface area contributed by atoms with Gasteiger partial charge in [0.1, 0.15) is 11.5 Å². The van der Waals surface area contributed by atoms with Gasteiger partial charge in [0.25, 0.3) is 0 Å². The van der Waals surface area contributed by atoms with E-state index in [0.717, 1.165) is 40.3 Å². The molecule has 0 N–H and O–H groups in total. The Balaban J connectivity index is 1.60. The van der Waals surface area contributed by atoms with Crippen LogP contribution in [0.25, 0.3) is 0 Å². The predicted octanol–water partition coefficient (Wildman–Crippen LogP) is 5.90. The normalized spacial score (nSPS) is 19.8. The summed E-state index contributed by atoms with van der Waals surface area (Å²) >= 11 is 6.30. The van der Waals surface area contributed by atoms with Gasteiger partial charge >= 0.3 is 0 Å². The molecule has 0 bridgehead atoms. The van der Waals surface area contributed by atoms with Gasteiger partial charge in [-0.05, 0) is 42.8 Å². The summed E-state index contributed by atoms with van der Waals surface area (Å²) in [5.74, 6) is 1.65. The summed E-state index contributed by atoms with van der Waals surface area (Å²) in [5, 5.41) is 7.76. The maximum Gasteiger partial charge on any atom is 0.214 e. The van der Waals surface area contributed by atoms with Crippen LogP contribution in [0.5, 0.6) is 11.5 Å². The van der Waals surface area contributed by atoms with E-state index in [-0.39, 0.29) is 12.3 Å². The van der Waals surface area contributed by atoms with Gasteiger partial charge in [-0.15, -0.1) is 0 Å². The molecule has 2 aliphatic heterocycles. The largest absolute Gasteiger partial charge is 0.497 e. The Morgan fingerprint density at radius 3 is 2.69 bits per heavy atom. The van der Waals surface area contributed by atoms with Crippen LogP contribution in [0.3, 0.4) is 0 Å². The molecule has 0 fully saturated rings. The molecule has 4 nitrogen and oxygen atoms in total. The van der Waals surface area contributed by atoms with E-state index in [2.05, 4.69) is 36.2 Å². The van der Waals surface area contributed by atoms with Crippen molar-refractivity contribution in [2.75, 3.05) is 7.11 Å². The van der Waals surface area contributed by atoms with Gasteiger partial charge in [0, 0.05) is 22.6 Å². The molecule has 0 aliphatic carbocycles. The number of benzene rings is 3. The van der Waals surface area contributed by atoms with Crippen molar-refractivity contribution >= 4 is 17.3 Å². The molecule has 5 rings (SSSR count). The summed E-state index contributed by atoms with van der Waals surface area (Å²) in [6.07, 6.45) is 0.479. The van der Waals surface area contributed by atoms with Gasteiger partial charge in [-0.3, -0.25) is 0 Å². The highest BCUT2D eigenvalue weighted by Gasteiger charge is 2.41. The number of ether oxygens (including phenoxy) is 2. The van der Waals surface area contributed by atoms with Crippen molar-refractivity contribution in [3.63, 3.8) is 0 Å². The van der Waals surface area contributed by atoms with Crippen molar-refractivity contribution in [1.29, 1.82) is 0 Å². The van der Waals surface area contributed by atoms with Crippen LogP contribution in [0.15, 0.2) is 71.8 Å². The summed E-state index contributed by atoms with van der Waals surface area (Å²) in [6, 6.07) is 22.3. The van der Waals surface area contributed by atoms with Crippen molar-refractivity contribution in [1.82, 2.24) is 5.01 Å². The zero-order valence-electron chi connectivity index (χ0n) is 16.3. The average Bonchev–Trinajstić information content (AvgIpc) is 3.19. The van der Waals surface area contributed by atoms with E-state index in [1.54, 1.807) is 7.11 Å². The second kappa shape index (κ2) is 7.12. The highest BCUT2D eigenvalue weighted by atomic mass is 35.5. The summed E-state index contributed by atoms with van der Waals surface area (Å²) in [6.45, 7) is 2.09. The van der Waals surface area contributed by atoms with E-state index in [1.165, 1.54) is 5.56 Å². The molecule has 0 amide bonds. The number of hydrogen-bond donors (Lipinski definition) is 0. The molecular weight excluding hydrogens is 384 g/mol. The van der Waals surface area contributed by atoms with Gasteiger partial charge in [-0.1, -0.05) is 53.6 Å². The first-order chi connectivity index (χ1) is 14.1. The number of fused-ring (bicyclic) bond motifs is 3. The van der Waals surface area contributed by atoms with Gasteiger partial charge < -0.3 is 9.47 Å². The second-order valence-corrected chi connectivity index (χ2v) is 7.88. The Bertz CT molecular complexity index is 1090. The standard InChI is InChI=1S/C24H21ClN2O2/c1-15-6-8-16(9-7-15)21-14-22-20-13-18(25)10-11-23(20)29-24(27(22)26-21)17-4-3-5-19(12-17)28-2/h3-13,22,24H,14H2,1-2H3. The minimum absolute atomic E-state index is 0.0740. The average molecular weight is 405 g/mol. The van der Waals surface area contributed by atoms with Gasteiger partial charge in [0.15, 0.2) is 0 Å². The van der Waals surface area contributed by atoms with Gasteiger partial charge in [0.2, 0.25) is 6.23 Å². The molecule has 5 heteroatoms. The summed E-state index contributed by atoms with van der Waals surface area (Å²) in [7, 11) is 1.67. The molecule has 0 saturated carbocycles. The van der Waals surface area contributed by atoms with Crippen LogP contribution in [0.4, 0.5) is 0 Å². The summed E-state index contributed by atoms with van der Waals surface area (Å²) in [4.78, 5) is 0. The predicted molar refractivity (Wildman–Crippen MR) is 115 cm³/mol. The number of hydrogen-bond acceptors (Lipinski definition) is 4. The van der Waals surface area contributed by atoms with Crippen molar-refractivity contribution in [2.24, 2.45) is 5.10 Å². The topological polar surface area (TPSA) is 34.1 Å². The van der Waals surface area contributed by atoms with Crippen LogP contribution in [0.1, 0.15) is 40.9 Å². The lowest BCUT2D eigenvalue weighted by Gasteiger charge is -2.38. The van der Waals surface area contributed by atoms with Crippen LogP contribution in [0.2, 0.25) is 5.02 Å². The molecular formula is C24H21ClN2O2. The summed E-state index contributed by atoms with van der Waals surface area (Å²) < 4.78 is 11.8. The fourth-order valence-corrected chi connectivity index (χ4v) is 4.17. The molecule has 3 aromatic rings. The highest BCUT2D eigenvalue weighted by Crippen LogP contribution is 2.48. The Hall–Kier alpha value is -2.98. The quantitative estimate of drug-likeness (QED) is 0.545. The smallest absolute Gasteiger partial charge is 0.214 e. The van der Waals surface area contributed by atoms with Crippen molar-refractivity contribution in [2.45, 2.75) is 25.6 Å². The molecule has 2 atom stereocenters. The number of nitrogens with zero attached hydrogens (tertiary/aromatic N) is 2. The van der Waals surface area contributed by atoms with E-state index in [4.69, 9.17) is 26.2 Å². The number of aryl methyl sites for hydroxylation is 1. The van der Waals surface area contributed by atoms with E-state index >= 15 is 0 Å². The number of halogens is 1. The molecule has 0 spiro atoms. The Kier molecular flexibility index (Phi) is 4.44. The third-order valence-electron chi connectivity index (χ3n) is 5.52. The van der Waals surface area contributed by atoms with Crippen LogP contribution in [-0.2, 0) is 0 Å². The van der Waals surface area contributed by atoms with Gasteiger partial charge in [-0.25, -0.2) is 5.01 Å². The van der Waals surface area contributed by atoms with Gasteiger partial charge in [0.05, 0.1) is 18.9 Å².